The first-order valence-corrected chi connectivity index (χ1v) is 7.00. The van der Waals surface area contributed by atoms with Gasteiger partial charge in [0.15, 0.2) is 0 Å². The molecule has 0 aliphatic heterocycles. The van der Waals surface area contributed by atoms with Crippen LogP contribution >= 0.6 is 11.3 Å². The molecule has 1 atom stereocenters. The van der Waals surface area contributed by atoms with Crippen LogP contribution in [0.1, 0.15) is 48.8 Å². The van der Waals surface area contributed by atoms with Gasteiger partial charge in [0.05, 0.1) is 5.56 Å². The van der Waals surface area contributed by atoms with Gasteiger partial charge in [-0.15, -0.1) is 11.3 Å². The number of carboxylic acid groups (broad SMARTS) is 1. The zero-order valence-electron chi connectivity index (χ0n) is 10.7. The van der Waals surface area contributed by atoms with Crippen molar-refractivity contribution in [1.29, 1.82) is 0 Å². The van der Waals surface area contributed by atoms with E-state index in [0.29, 0.717) is 17.5 Å². The summed E-state index contributed by atoms with van der Waals surface area (Å²) in [5.74, 6) is -0.158. The first kappa shape index (κ1) is 14.2. The molecule has 0 spiro atoms. The molecule has 0 aliphatic rings. The summed E-state index contributed by atoms with van der Waals surface area (Å²) in [5.41, 5.74) is 0.391. The third-order valence-corrected chi connectivity index (χ3v) is 4.19. The highest BCUT2D eigenvalue weighted by atomic mass is 32.1. The Balaban J connectivity index is 2.46. The molecule has 1 aromatic rings. The number of nitrogens with one attached hydrogen (secondary N) is 1. The monoisotopic (exact) mass is 255 g/mol. The summed E-state index contributed by atoms with van der Waals surface area (Å²) in [6.07, 6.45) is 2.35. The zero-order chi connectivity index (χ0) is 12.8. The third kappa shape index (κ3) is 4.13. The molecular formula is C13H21NO2S. The quantitative estimate of drug-likeness (QED) is 0.785. The summed E-state index contributed by atoms with van der Waals surface area (Å²) in [5, 5.41) is 14.0. The van der Waals surface area contributed by atoms with Crippen molar-refractivity contribution in [2.45, 2.75) is 46.2 Å². The highest BCUT2D eigenvalue weighted by molar-refractivity contribution is 7.10. The number of carboxylic acids is 1. The molecule has 1 heterocycles. The van der Waals surface area contributed by atoms with E-state index in [1.807, 2.05) is 0 Å². The molecular weight excluding hydrogens is 234 g/mol. The van der Waals surface area contributed by atoms with Crippen LogP contribution < -0.4 is 5.32 Å². The highest BCUT2D eigenvalue weighted by Crippen LogP contribution is 2.17. The van der Waals surface area contributed by atoms with Gasteiger partial charge in [-0.25, -0.2) is 4.79 Å². The number of hydrogen-bond acceptors (Lipinski definition) is 3. The molecule has 0 radical (unpaired) electrons. The Hall–Kier alpha value is -0.870. The van der Waals surface area contributed by atoms with Gasteiger partial charge in [0.1, 0.15) is 0 Å². The summed E-state index contributed by atoms with van der Waals surface area (Å²) >= 11 is 1.50. The van der Waals surface area contributed by atoms with Gasteiger partial charge in [0.2, 0.25) is 0 Å². The van der Waals surface area contributed by atoms with Crippen molar-refractivity contribution in [1.82, 2.24) is 5.32 Å². The normalized spacial score (nSPS) is 12.9. The Morgan fingerprint density at radius 3 is 2.59 bits per heavy atom. The van der Waals surface area contributed by atoms with E-state index in [4.69, 9.17) is 5.11 Å². The fourth-order valence-electron chi connectivity index (χ4n) is 2.01. The number of thiophene rings is 1. The molecule has 0 amide bonds. The smallest absolute Gasteiger partial charge is 0.336 e. The first-order chi connectivity index (χ1) is 8.08. The molecule has 17 heavy (non-hydrogen) atoms. The molecule has 1 rings (SSSR count). The first-order valence-electron chi connectivity index (χ1n) is 6.12. The van der Waals surface area contributed by atoms with Crippen LogP contribution in [0.5, 0.6) is 0 Å². The van der Waals surface area contributed by atoms with Crippen molar-refractivity contribution in [2.24, 2.45) is 5.92 Å². The number of hydrogen-bond donors (Lipinski definition) is 2. The van der Waals surface area contributed by atoms with Crippen molar-refractivity contribution in [3.05, 3.63) is 21.9 Å². The van der Waals surface area contributed by atoms with Gasteiger partial charge >= 0.3 is 5.97 Å². The van der Waals surface area contributed by atoms with Crippen molar-refractivity contribution in [3.63, 3.8) is 0 Å². The maximum absolute atomic E-state index is 10.7. The zero-order valence-corrected chi connectivity index (χ0v) is 11.5. The van der Waals surface area contributed by atoms with E-state index in [-0.39, 0.29) is 0 Å². The van der Waals surface area contributed by atoms with E-state index in [9.17, 15) is 4.79 Å². The lowest BCUT2D eigenvalue weighted by Crippen LogP contribution is -2.32. The lowest BCUT2D eigenvalue weighted by Gasteiger charge is -2.22. The van der Waals surface area contributed by atoms with Crippen molar-refractivity contribution < 1.29 is 9.90 Å². The fraction of sp³-hybridized carbons (Fsp3) is 0.615. The lowest BCUT2D eigenvalue weighted by molar-refractivity contribution is 0.0697. The summed E-state index contributed by atoms with van der Waals surface area (Å²) in [6.45, 7) is 7.37. The molecule has 2 N–H and O–H groups in total. The molecule has 0 bridgehead atoms. The van der Waals surface area contributed by atoms with Gasteiger partial charge in [-0.3, -0.25) is 0 Å². The minimum Gasteiger partial charge on any atom is -0.478 e. The number of aromatic carboxylic acids is 1. The Morgan fingerprint density at radius 1 is 1.47 bits per heavy atom. The van der Waals surface area contributed by atoms with Crippen LogP contribution in [0.15, 0.2) is 11.4 Å². The van der Waals surface area contributed by atoms with Crippen LogP contribution in [0.4, 0.5) is 0 Å². The Kier molecular flexibility index (Phi) is 5.65. The molecule has 0 fully saturated rings. The topological polar surface area (TPSA) is 49.3 Å². The summed E-state index contributed by atoms with van der Waals surface area (Å²) in [7, 11) is 0. The third-order valence-electron chi connectivity index (χ3n) is 3.25. The van der Waals surface area contributed by atoms with Crippen LogP contribution in [0.3, 0.4) is 0 Å². The van der Waals surface area contributed by atoms with Crippen molar-refractivity contribution in [3.8, 4) is 0 Å². The van der Waals surface area contributed by atoms with Crippen LogP contribution in [-0.4, -0.2) is 17.1 Å². The predicted octanol–water partition coefficient (Wildman–Crippen LogP) is 3.36. The van der Waals surface area contributed by atoms with Crippen molar-refractivity contribution >= 4 is 17.3 Å². The summed E-state index contributed by atoms with van der Waals surface area (Å²) < 4.78 is 0. The van der Waals surface area contributed by atoms with Crippen LogP contribution in [0.25, 0.3) is 0 Å². The van der Waals surface area contributed by atoms with E-state index >= 15 is 0 Å². The molecule has 1 aromatic heterocycles. The van der Waals surface area contributed by atoms with Gasteiger partial charge in [-0.2, -0.15) is 0 Å². The molecule has 1 unspecified atom stereocenters. The van der Waals surface area contributed by atoms with Gasteiger partial charge in [-0.05, 0) is 18.9 Å². The second kappa shape index (κ2) is 6.77. The Labute approximate surface area is 107 Å². The second-order valence-corrected chi connectivity index (χ2v) is 5.35. The number of rotatable bonds is 7. The molecule has 0 saturated heterocycles. The Bertz CT molecular complexity index is 358. The van der Waals surface area contributed by atoms with E-state index in [1.165, 1.54) is 24.2 Å². The second-order valence-electron chi connectivity index (χ2n) is 4.35. The maximum Gasteiger partial charge on any atom is 0.336 e. The van der Waals surface area contributed by atoms with Crippen LogP contribution in [0, 0.1) is 5.92 Å². The van der Waals surface area contributed by atoms with Gasteiger partial charge in [0.25, 0.3) is 0 Å². The predicted molar refractivity (Wildman–Crippen MR) is 71.7 cm³/mol. The van der Waals surface area contributed by atoms with E-state index < -0.39 is 5.97 Å². The minimum atomic E-state index is -0.847. The van der Waals surface area contributed by atoms with E-state index in [0.717, 1.165) is 11.4 Å². The standard InChI is InChI=1S/C13H21NO2S/c1-4-10(5-2)9(3)14-7-12-6-11(8-17-12)13(15)16/h6,8-10,14H,4-5,7H2,1-3H3,(H,15,16). The fourth-order valence-corrected chi connectivity index (χ4v) is 2.82. The van der Waals surface area contributed by atoms with Crippen molar-refractivity contribution in [2.75, 3.05) is 0 Å². The summed E-state index contributed by atoms with van der Waals surface area (Å²) in [6, 6.07) is 2.22. The molecule has 3 nitrogen and oxygen atoms in total. The summed E-state index contributed by atoms with van der Waals surface area (Å²) in [4.78, 5) is 11.8. The minimum absolute atomic E-state index is 0.391. The SMILES string of the molecule is CCC(CC)C(C)NCc1cc(C(=O)O)cs1. The lowest BCUT2D eigenvalue weighted by atomic mass is 9.95. The van der Waals surface area contributed by atoms with Crippen LogP contribution in [0.2, 0.25) is 0 Å². The van der Waals surface area contributed by atoms with Gasteiger partial charge < -0.3 is 10.4 Å². The molecule has 0 aromatic carbocycles. The molecule has 0 saturated carbocycles. The number of carbonyl (C=O) groups is 1. The molecule has 0 aliphatic carbocycles. The average Bonchev–Trinajstić information content (AvgIpc) is 2.76. The average molecular weight is 255 g/mol. The molecule has 4 heteroatoms. The Morgan fingerprint density at radius 2 is 2.12 bits per heavy atom. The van der Waals surface area contributed by atoms with E-state index in [1.54, 1.807) is 11.4 Å². The highest BCUT2D eigenvalue weighted by Gasteiger charge is 2.13. The largest absolute Gasteiger partial charge is 0.478 e. The van der Waals surface area contributed by atoms with Gasteiger partial charge in [-0.1, -0.05) is 26.7 Å². The van der Waals surface area contributed by atoms with Gasteiger partial charge in [0, 0.05) is 22.8 Å². The van der Waals surface area contributed by atoms with Crippen LogP contribution in [-0.2, 0) is 6.54 Å². The molecule has 96 valence electrons. The maximum atomic E-state index is 10.7. The van der Waals surface area contributed by atoms with E-state index in [2.05, 4.69) is 26.1 Å².